The minimum atomic E-state index is 0. The van der Waals surface area contributed by atoms with Gasteiger partial charge >= 0.3 is 0 Å². The van der Waals surface area contributed by atoms with Gasteiger partial charge in [0.1, 0.15) is 0 Å². The molecule has 0 spiro atoms. The Kier molecular flexibility index (Phi) is 6.88. The van der Waals surface area contributed by atoms with E-state index in [1.807, 2.05) is 34.2 Å². The lowest BCUT2D eigenvalue weighted by Crippen LogP contribution is -2.51. The first-order valence-electron chi connectivity index (χ1n) is 8.43. The van der Waals surface area contributed by atoms with Crippen LogP contribution >= 0.6 is 12.4 Å². The second-order valence-corrected chi connectivity index (χ2v) is 6.24. The summed E-state index contributed by atoms with van der Waals surface area (Å²) in [7, 11) is 0. The molecule has 4 nitrogen and oxygen atoms in total. The van der Waals surface area contributed by atoms with E-state index in [-0.39, 0.29) is 18.3 Å². The third-order valence-corrected chi connectivity index (χ3v) is 4.62. The maximum absolute atomic E-state index is 12.0. The van der Waals surface area contributed by atoms with E-state index < -0.39 is 0 Å². The molecule has 0 unspecified atom stereocenters. The van der Waals surface area contributed by atoms with Gasteiger partial charge in [0.2, 0.25) is 5.91 Å². The van der Waals surface area contributed by atoms with E-state index in [1.165, 1.54) is 5.56 Å². The van der Waals surface area contributed by atoms with E-state index in [2.05, 4.69) is 35.2 Å². The molecule has 130 valence electrons. The number of nitrogens with zero attached hydrogens (tertiary/aromatic N) is 3. The third-order valence-electron chi connectivity index (χ3n) is 4.62. The average molecular weight is 348 g/mol. The first kappa shape index (κ1) is 18.6. The van der Waals surface area contributed by atoms with Crippen molar-refractivity contribution in [1.82, 2.24) is 9.58 Å². The molecule has 1 aliphatic heterocycles. The van der Waals surface area contributed by atoms with Gasteiger partial charge < -0.3 is 4.90 Å². The number of likely N-dealkylation sites (tertiary alicyclic amines) is 1. The molecule has 0 radical (unpaired) electrons. The predicted molar refractivity (Wildman–Crippen MR) is 100 cm³/mol. The highest BCUT2D eigenvalue weighted by Crippen LogP contribution is 2.17. The molecule has 0 aliphatic carbocycles. The van der Waals surface area contributed by atoms with Crippen LogP contribution in [0.1, 0.15) is 25.3 Å². The van der Waals surface area contributed by atoms with E-state index in [1.54, 1.807) is 6.92 Å². The molecule has 3 rings (SSSR count). The summed E-state index contributed by atoms with van der Waals surface area (Å²) in [5.74, 6) is 0.115. The Labute approximate surface area is 150 Å². The standard InChI is InChI=1S/C19H25N3O.ClH/c1-17(23)22(21-12-5-6-13-21)19-10-15-20(16-11-19)14-9-18-7-3-2-4-8-18;/h2-8,12-13,19H,9-11,14-16H2,1H3;1H. The molecule has 5 heteroatoms. The number of carbonyl (C=O) groups is 1. The summed E-state index contributed by atoms with van der Waals surface area (Å²) in [5, 5.41) is 1.90. The fourth-order valence-corrected chi connectivity index (χ4v) is 3.40. The number of hydrogen-bond donors (Lipinski definition) is 0. The predicted octanol–water partition coefficient (Wildman–Crippen LogP) is 3.10. The molecule has 0 atom stereocenters. The van der Waals surface area contributed by atoms with E-state index in [0.717, 1.165) is 38.9 Å². The van der Waals surface area contributed by atoms with Crippen molar-refractivity contribution in [3.05, 3.63) is 60.4 Å². The number of amides is 1. The highest BCUT2D eigenvalue weighted by molar-refractivity contribution is 5.85. The Bertz CT molecular complexity index is 607. The fourth-order valence-electron chi connectivity index (χ4n) is 3.40. The van der Waals surface area contributed by atoms with E-state index in [9.17, 15) is 4.79 Å². The zero-order valence-electron chi connectivity index (χ0n) is 14.2. The summed E-state index contributed by atoms with van der Waals surface area (Å²) < 4.78 is 1.92. The molecule has 1 aromatic carbocycles. The number of hydrogen-bond acceptors (Lipinski definition) is 2. The molecule has 1 aromatic heterocycles. The Balaban J connectivity index is 0.00000208. The zero-order chi connectivity index (χ0) is 16.1. The molecule has 0 N–H and O–H groups in total. The van der Waals surface area contributed by atoms with Crippen LogP contribution in [-0.4, -0.2) is 41.2 Å². The first-order chi connectivity index (χ1) is 11.2. The highest BCUT2D eigenvalue weighted by Gasteiger charge is 2.27. The summed E-state index contributed by atoms with van der Waals surface area (Å²) in [5.41, 5.74) is 1.40. The molecule has 1 fully saturated rings. The average Bonchev–Trinajstić information content (AvgIpc) is 3.09. The molecule has 0 bridgehead atoms. The summed E-state index contributed by atoms with van der Waals surface area (Å²) >= 11 is 0. The number of halogens is 1. The summed E-state index contributed by atoms with van der Waals surface area (Å²) in [6.07, 6.45) is 7.06. The summed E-state index contributed by atoms with van der Waals surface area (Å²) in [4.78, 5) is 14.5. The first-order valence-corrected chi connectivity index (χ1v) is 8.43. The SMILES string of the molecule is CC(=O)N(C1CCN(CCc2ccccc2)CC1)n1cccc1.Cl. The molecular formula is C19H26ClN3O. The van der Waals surface area contributed by atoms with Gasteiger partial charge in [0.15, 0.2) is 0 Å². The normalized spacial score (nSPS) is 15.7. The topological polar surface area (TPSA) is 28.5 Å². The summed E-state index contributed by atoms with van der Waals surface area (Å²) in [6, 6.07) is 14.9. The fraction of sp³-hybridized carbons (Fsp3) is 0.421. The van der Waals surface area contributed by atoms with Gasteiger partial charge in [-0.05, 0) is 37.0 Å². The molecule has 1 saturated heterocycles. The van der Waals surface area contributed by atoms with Crippen molar-refractivity contribution in [2.45, 2.75) is 32.2 Å². The quantitative estimate of drug-likeness (QED) is 0.831. The Morgan fingerprint density at radius 2 is 1.71 bits per heavy atom. The number of piperidine rings is 1. The molecule has 0 saturated carbocycles. The van der Waals surface area contributed by atoms with Crippen molar-refractivity contribution in [1.29, 1.82) is 0 Å². The van der Waals surface area contributed by atoms with Crippen molar-refractivity contribution in [2.24, 2.45) is 0 Å². The van der Waals surface area contributed by atoms with Gasteiger partial charge in [0.25, 0.3) is 0 Å². The van der Waals surface area contributed by atoms with Crippen molar-refractivity contribution in [2.75, 3.05) is 24.6 Å². The number of rotatable bonds is 5. The maximum atomic E-state index is 12.0. The second kappa shape index (κ2) is 8.90. The van der Waals surface area contributed by atoms with Gasteiger partial charge in [0, 0.05) is 39.0 Å². The number of carbonyl (C=O) groups excluding carboxylic acids is 1. The maximum Gasteiger partial charge on any atom is 0.238 e. The number of benzene rings is 1. The van der Waals surface area contributed by atoms with Crippen LogP contribution in [0.25, 0.3) is 0 Å². The Morgan fingerprint density at radius 1 is 1.08 bits per heavy atom. The highest BCUT2D eigenvalue weighted by atomic mass is 35.5. The second-order valence-electron chi connectivity index (χ2n) is 6.24. The molecule has 24 heavy (non-hydrogen) atoms. The lowest BCUT2D eigenvalue weighted by atomic mass is 10.0. The molecular weight excluding hydrogens is 322 g/mol. The zero-order valence-corrected chi connectivity index (χ0v) is 15.0. The van der Waals surface area contributed by atoms with Crippen LogP contribution in [0.2, 0.25) is 0 Å². The molecule has 2 heterocycles. The van der Waals surface area contributed by atoms with Crippen LogP contribution in [-0.2, 0) is 11.2 Å². The molecule has 1 aliphatic rings. The van der Waals surface area contributed by atoms with E-state index in [0.29, 0.717) is 6.04 Å². The molecule has 2 aromatic rings. The van der Waals surface area contributed by atoms with Crippen molar-refractivity contribution in [3.8, 4) is 0 Å². The van der Waals surface area contributed by atoms with Crippen LogP contribution in [0.15, 0.2) is 54.9 Å². The van der Waals surface area contributed by atoms with Crippen molar-refractivity contribution in [3.63, 3.8) is 0 Å². The van der Waals surface area contributed by atoms with Crippen LogP contribution in [0.4, 0.5) is 0 Å². The minimum absolute atomic E-state index is 0. The minimum Gasteiger partial charge on any atom is -0.303 e. The van der Waals surface area contributed by atoms with Crippen molar-refractivity contribution >= 4 is 18.3 Å². The van der Waals surface area contributed by atoms with Gasteiger partial charge in [-0.1, -0.05) is 30.3 Å². The van der Waals surface area contributed by atoms with Gasteiger partial charge in [-0.2, -0.15) is 0 Å². The van der Waals surface area contributed by atoms with Crippen LogP contribution in [0.5, 0.6) is 0 Å². The smallest absolute Gasteiger partial charge is 0.238 e. The van der Waals surface area contributed by atoms with Crippen molar-refractivity contribution < 1.29 is 4.79 Å². The van der Waals surface area contributed by atoms with E-state index in [4.69, 9.17) is 0 Å². The van der Waals surface area contributed by atoms with Gasteiger partial charge in [-0.15, -0.1) is 12.4 Å². The monoisotopic (exact) mass is 347 g/mol. The van der Waals surface area contributed by atoms with Crippen LogP contribution < -0.4 is 5.01 Å². The largest absolute Gasteiger partial charge is 0.303 e. The van der Waals surface area contributed by atoms with Gasteiger partial charge in [-0.3, -0.25) is 9.47 Å². The third kappa shape index (κ3) is 4.62. The van der Waals surface area contributed by atoms with Crippen LogP contribution in [0, 0.1) is 0 Å². The lowest BCUT2D eigenvalue weighted by molar-refractivity contribution is -0.119. The van der Waals surface area contributed by atoms with E-state index >= 15 is 0 Å². The lowest BCUT2D eigenvalue weighted by Gasteiger charge is -2.38. The summed E-state index contributed by atoms with van der Waals surface area (Å²) in [6.45, 7) is 4.87. The number of aromatic nitrogens is 1. The van der Waals surface area contributed by atoms with Gasteiger partial charge in [0.05, 0.1) is 6.04 Å². The van der Waals surface area contributed by atoms with Crippen LogP contribution in [0.3, 0.4) is 0 Å². The van der Waals surface area contributed by atoms with Gasteiger partial charge in [-0.25, -0.2) is 5.01 Å². The Morgan fingerprint density at radius 3 is 2.29 bits per heavy atom. The molecule has 1 amide bonds. The Hall–Kier alpha value is -1.78.